The first-order chi connectivity index (χ1) is 8.55. The standard InChI is InChI=1S/C13H15N3O2/c14-13(18)6-4-10(5-7-13)9-12(17)16-11-3-1-2-8-15-11/h1-6,8,18H,7,9,14H2,(H,15,16,17). The first-order valence-electron chi connectivity index (χ1n) is 5.66. The highest BCUT2D eigenvalue weighted by molar-refractivity contribution is 5.91. The molecular formula is C13H15N3O2. The fourth-order valence-corrected chi connectivity index (χ4v) is 1.62. The number of pyridine rings is 1. The predicted octanol–water partition coefficient (Wildman–Crippen LogP) is 0.944. The molecule has 1 heterocycles. The summed E-state index contributed by atoms with van der Waals surface area (Å²) in [5.41, 5.74) is 5.05. The molecule has 4 N–H and O–H groups in total. The van der Waals surface area contributed by atoms with E-state index in [2.05, 4.69) is 10.3 Å². The number of aromatic nitrogens is 1. The highest BCUT2D eigenvalue weighted by Gasteiger charge is 2.19. The van der Waals surface area contributed by atoms with Crippen LogP contribution in [0.1, 0.15) is 12.8 Å². The van der Waals surface area contributed by atoms with Gasteiger partial charge in [-0.15, -0.1) is 0 Å². The third kappa shape index (κ3) is 3.51. The minimum absolute atomic E-state index is 0.146. The van der Waals surface area contributed by atoms with Crippen LogP contribution in [0.25, 0.3) is 0 Å². The second-order valence-electron chi connectivity index (χ2n) is 4.25. The van der Waals surface area contributed by atoms with Crippen molar-refractivity contribution in [3.05, 3.63) is 48.2 Å². The molecule has 1 aromatic rings. The van der Waals surface area contributed by atoms with Gasteiger partial charge in [-0.2, -0.15) is 0 Å². The van der Waals surface area contributed by atoms with E-state index in [1.54, 1.807) is 36.5 Å². The molecular weight excluding hydrogens is 230 g/mol. The summed E-state index contributed by atoms with van der Waals surface area (Å²) in [6.07, 6.45) is 7.10. The number of nitrogens with two attached hydrogens (primary N) is 1. The number of hydrogen-bond donors (Lipinski definition) is 3. The van der Waals surface area contributed by atoms with Gasteiger partial charge in [0.05, 0.1) is 6.42 Å². The van der Waals surface area contributed by atoms with Gasteiger partial charge in [0.15, 0.2) is 0 Å². The molecule has 0 saturated heterocycles. The number of aliphatic hydroxyl groups is 1. The van der Waals surface area contributed by atoms with Crippen LogP contribution < -0.4 is 11.1 Å². The Hall–Kier alpha value is -1.98. The van der Waals surface area contributed by atoms with Crippen LogP contribution in [0, 0.1) is 0 Å². The van der Waals surface area contributed by atoms with Crippen LogP contribution in [-0.4, -0.2) is 21.7 Å². The van der Waals surface area contributed by atoms with Crippen LogP contribution in [-0.2, 0) is 4.79 Å². The zero-order valence-corrected chi connectivity index (χ0v) is 9.84. The monoisotopic (exact) mass is 245 g/mol. The molecule has 1 amide bonds. The number of allylic oxidation sites excluding steroid dienone is 1. The van der Waals surface area contributed by atoms with E-state index in [1.165, 1.54) is 6.08 Å². The van der Waals surface area contributed by atoms with Crippen LogP contribution in [0.4, 0.5) is 5.82 Å². The minimum atomic E-state index is -1.29. The molecule has 94 valence electrons. The Bertz CT molecular complexity index is 492. The Morgan fingerprint density at radius 3 is 3.00 bits per heavy atom. The van der Waals surface area contributed by atoms with Gasteiger partial charge in [0, 0.05) is 12.6 Å². The van der Waals surface area contributed by atoms with Gasteiger partial charge in [-0.05, 0) is 23.8 Å². The molecule has 0 spiro atoms. The van der Waals surface area contributed by atoms with Gasteiger partial charge in [0.25, 0.3) is 0 Å². The predicted molar refractivity (Wildman–Crippen MR) is 68.5 cm³/mol. The lowest BCUT2D eigenvalue weighted by Gasteiger charge is -2.21. The number of carbonyl (C=O) groups excluding carboxylic acids is 1. The molecule has 0 saturated carbocycles. The molecule has 0 aromatic carbocycles. The van der Waals surface area contributed by atoms with E-state index in [1.807, 2.05) is 0 Å². The average molecular weight is 245 g/mol. The van der Waals surface area contributed by atoms with E-state index in [9.17, 15) is 9.90 Å². The maximum Gasteiger partial charge on any atom is 0.229 e. The van der Waals surface area contributed by atoms with Gasteiger partial charge in [0.1, 0.15) is 11.5 Å². The number of rotatable bonds is 3. The fourth-order valence-electron chi connectivity index (χ4n) is 1.62. The summed E-state index contributed by atoms with van der Waals surface area (Å²) in [4.78, 5) is 15.7. The van der Waals surface area contributed by atoms with Crippen molar-refractivity contribution in [2.24, 2.45) is 5.73 Å². The maximum absolute atomic E-state index is 11.7. The summed E-state index contributed by atoms with van der Waals surface area (Å²) in [7, 11) is 0. The maximum atomic E-state index is 11.7. The second kappa shape index (κ2) is 5.12. The zero-order valence-electron chi connectivity index (χ0n) is 9.84. The Kier molecular flexibility index (Phi) is 3.55. The number of amides is 1. The van der Waals surface area contributed by atoms with Crippen molar-refractivity contribution in [1.82, 2.24) is 4.98 Å². The van der Waals surface area contributed by atoms with Crippen molar-refractivity contribution >= 4 is 11.7 Å². The van der Waals surface area contributed by atoms with Crippen LogP contribution in [0.5, 0.6) is 0 Å². The number of nitrogens with one attached hydrogen (secondary N) is 1. The van der Waals surface area contributed by atoms with Gasteiger partial charge < -0.3 is 16.2 Å². The molecule has 0 fully saturated rings. The highest BCUT2D eigenvalue weighted by atomic mass is 16.3. The Labute approximate surface area is 105 Å². The van der Waals surface area contributed by atoms with E-state index < -0.39 is 5.72 Å². The lowest BCUT2D eigenvalue weighted by atomic mass is 9.98. The van der Waals surface area contributed by atoms with Crippen LogP contribution in [0.15, 0.2) is 48.2 Å². The lowest BCUT2D eigenvalue weighted by molar-refractivity contribution is -0.115. The molecule has 5 heteroatoms. The molecule has 0 radical (unpaired) electrons. The molecule has 0 bridgehead atoms. The lowest BCUT2D eigenvalue weighted by Crippen LogP contribution is -2.37. The Morgan fingerprint density at radius 2 is 2.39 bits per heavy atom. The molecule has 0 aliphatic heterocycles. The summed E-state index contributed by atoms with van der Waals surface area (Å²) in [5.74, 6) is 0.380. The molecule has 1 aromatic heterocycles. The van der Waals surface area contributed by atoms with Crippen LogP contribution >= 0.6 is 0 Å². The van der Waals surface area contributed by atoms with Crippen molar-refractivity contribution in [2.75, 3.05) is 5.32 Å². The summed E-state index contributed by atoms with van der Waals surface area (Å²) in [5, 5.41) is 12.2. The zero-order chi connectivity index (χ0) is 13.0. The number of nitrogens with zero attached hydrogens (tertiary/aromatic N) is 1. The van der Waals surface area contributed by atoms with Gasteiger partial charge >= 0.3 is 0 Å². The van der Waals surface area contributed by atoms with Gasteiger partial charge in [0.2, 0.25) is 5.91 Å². The quantitative estimate of drug-likeness (QED) is 0.692. The van der Waals surface area contributed by atoms with Crippen molar-refractivity contribution in [1.29, 1.82) is 0 Å². The smallest absolute Gasteiger partial charge is 0.229 e. The van der Waals surface area contributed by atoms with E-state index in [0.29, 0.717) is 12.2 Å². The van der Waals surface area contributed by atoms with E-state index in [0.717, 1.165) is 5.57 Å². The number of carbonyl (C=O) groups is 1. The third-order valence-corrected chi connectivity index (χ3v) is 2.57. The first kappa shape index (κ1) is 12.5. The SMILES string of the molecule is NC1(O)C=CC(CC(=O)Nc2ccccn2)=CC1. The van der Waals surface area contributed by atoms with Crippen LogP contribution in [0.2, 0.25) is 0 Å². The second-order valence-corrected chi connectivity index (χ2v) is 4.25. The first-order valence-corrected chi connectivity index (χ1v) is 5.66. The van der Waals surface area contributed by atoms with Crippen LogP contribution in [0.3, 0.4) is 0 Å². The fraction of sp³-hybridized carbons (Fsp3) is 0.231. The van der Waals surface area contributed by atoms with E-state index in [-0.39, 0.29) is 12.3 Å². The summed E-state index contributed by atoms with van der Waals surface area (Å²) in [6, 6.07) is 5.31. The van der Waals surface area contributed by atoms with Gasteiger partial charge in [-0.1, -0.05) is 18.2 Å². The van der Waals surface area contributed by atoms with Crippen molar-refractivity contribution in [3.8, 4) is 0 Å². The average Bonchev–Trinajstić information content (AvgIpc) is 2.33. The largest absolute Gasteiger partial charge is 0.372 e. The summed E-state index contributed by atoms with van der Waals surface area (Å²) in [6.45, 7) is 0. The molecule has 1 aliphatic rings. The highest BCUT2D eigenvalue weighted by Crippen LogP contribution is 2.18. The molecule has 1 atom stereocenters. The molecule has 18 heavy (non-hydrogen) atoms. The summed E-state index contributed by atoms with van der Waals surface area (Å²) >= 11 is 0. The normalized spacial score (nSPS) is 22.4. The molecule has 2 rings (SSSR count). The number of hydrogen-bond acceptors (Lipinski definition) is 4. The molecule has 1 aliphatic carbocycles. The summed E-state index contributed by atoms with van der Waals surface area (Å²) < 4.78 is 0. The Balaban J connectivity index is 1.90. The Morgan fingerprint density at radius 1 is 1.56 bits per heavy atom. The van der Waals surface area contributed by atoms with Gasteiger partial charge in [-0.3, -0.25) is 4.79 Å². The molecule has 1 unspecified atom stereocenters. The molecule has 5 nitrogen and oxygen atoms in total. The van der Waals surface area contributed by atoms with Crippen molar-refractivity contribution < 1.29 is 9.90 Å². The van der Waals surface area contributed by atoms with Crippen molar-refractivity contribution in [2.45, 2.75) is 18.6 Å². The van der Waals surface area contributed by atoms with Gasteiger partial charge in [-0.25, -0.2) is 4.98 Å². The van der Waals surface area contributed by atoms with E-state index in [4.69, 9.17) is 5.73 Å². The minimum Gasteiger partial charge on any atom is -0.372 e. The third-order valence-electron chi connectivity index (χ3n) is 2.57. The van der Waals surface area contributed by atoms with E-state index >= 15 is 0 Å². The van der Waals surface area contributed by atoms with Crippen molar-refractivity contribution in [3.63, 3.8) is 0 Å². The number of anilines is 1. The topological polar surface area (TPSA) is 88.2 Å².